The Bertz CT molecular complexity index is 1010. The van der Waals surface area contributed by atoms with Gasteiger partial charge in [0.1, 0.15) is 12.4 Å². The van der Waals surface area contributed by atoms with Gasteiger partial charge in [0.2, 0.25) is 0 Å². The number of aliphatic hydroxyl groups excluding tert-OH is 1. The fourth-order valence-corrected chi connectivity index (χ4v) is 3.55. The third-order valence-corrected chi connectivity index (χ3v) is 4.71. The average Bonchev–Trinajstić information content (AvgIpc) is 3.24. The molecule has 4 rings (SSSR count). The van der Waals surface area contributed by atoms with Gasteiger partial charge in [-0.1, -0.05) is 54.1 Å². The van der Waals surface area contributed by atoms with Gasteiger partial charge in [-0.15, -0.1) is 34.1 Å². The first kappa shape index (κ1) is 23.9. The Morgan fingerprint density at radius 2 is 1.93 bits per heavy atom. The number of halogens is 2. The van der Waals surface area contributed by atoms with Gasteiger partial charge in [0.25, 0.3) is 0 Å². The van der Waals surface area contributed by atoms with Crippen molar-refractivity contribution in [2.24, 2.45) is 0 Å². The molecule has 5 heteroatoms. The molecule has 0 aromatic heterocycles. The Labute approximate surface area is 191 Å². The molecule has 0 saturated heterocycles. The van der Waals surface area contributed by atoms with E-state index >= 15 is 0 Å². The standard InChI is InChI=1S/C22H19O2.2ClH.Zr/c1-14-15(2)22(24-12-11-23)21(16-7-3-4-8-16)19-13-17-9-5-6-10-18(17)20(14)19;;;/h3-7,9-10,23H,2,8,11-12H2,1H3;2*1H;/q-1;;;+3/p-2. The molecule has 27 heavy (non-hydrogen) atoms. The van der Waals surface area contributed by atoms with E-state index in [9.17, 15) is 5.11 Å². The van der Waals surface area contributed by atoms with Crippen molar-refractivity contribution >= 4 is 18.2 Å². The first-order valence-electron chi connectivity index (χ1n) is 8.21. The third-order valence-electron chi connectivity index (χ3n) is 4.71. The summed E-state index contributed by atoms with van der Waals surface area (Å²) in [6.07, 6.45) is 10.8. The normalized spacial score (nSPS) is 12.6. The largest absolute Gasteiger partial charge is 3.00 e. The smallest absolute Gasteiger partial charge is 1.00 e. The molecule has 0 saturated carbocycles. The van der Waals surface area contributed by atoms with Gasteiger partial charge in [0.05, 0.1) is 6.61 Å². The summed E-state index contributed by atoms with van der Waals surface area (Å²) in [5, 5.41) is 11.2. The summed E-state index contributed by atoms with van der Waals surface area (Å²) < 4.78 is 5.91. The van der Waals surface area contributed by atoms with Gasteiger partial charge in [0.15, 0.2) is 0 Å². The van der Waals surface area contributed by atoms with Crippen LogP contribution >= 0.6 is 0 Å². The molecule has 0 heterocycles. The molecule has 1 radical (unpaired) electrons. The Kier molecular flexibility index (Phi) is 8.76. The quantitative estimate of drug-likeness (QED) is 0.402. The zero-order chi connectivity index (χ0) is 16.7. The second-order valence-corrected chi connectivity index (χ2v) is 6.12. The van der Waals surface area contributed by atoms with Crippen molar-refractivity contribution in [1.82, 2.24) is 0 Å². The summed E-state index contributed by atoms with van der Waals surface area (Å²) in [6.45, 7) is 6.61. The number of benzene rings is 2. The third kappa shape index (κ3) is 4.03. The Balaban J connectivity index is 0.00000121. The van der Waals surface area contributed by atoms with Gasteiger partial charge < -0.3 is 34.7 Å². The van der Waals surface area contributed by atoms with E-state index in [-0.39, 0.29) is 64.2 Å². The average molecular weight is 478 g/mol. The molecule has 0 spiro atoms. The van der Waals surface area contributed by atoms with Crippen LogP contribution in [-0.2, 0) is 26.2 Å². The van der Waals surface area contributed by atoms with E-state index in [1.54, 1.807) is 0 Å². The molecule has 0 bridgehead atoms. The zero-order valence-electron chi connectivity index (χ0n) is 15.0. The molecule has 2 aliphatic rings. The summed E-state index contributed by atoms with van der Waals surface area (Å²) in [7, 11) is 0. The van der Waals surface area contributed by atoms with E-state index in [1.807, 2.05) is 6.07 Å². The first-order chi connectivity index (χ1) is 11.7. The first-order valence-corrected chi connectivity index (χ1v) is 8.21. The Morgan fingerprint density at radius 3 is 2.59 bits per heavy atom. The molecular weight excluding hydrogens is 458 g/mol. The second-order valence-electron chi connectivity index (χ2n) is 6.12. The molecule has 0 unspecified atom stereocenters. The summed E-state index contributed by atoms with van der Waals surface area (Å²) in [5.74, 6) is 0.774. The predicted molar refractivity (Wildman–Crippen MR) is 98.2 cm³/mol. The van der Waals surface area contributed by atoms with E-state index in [4.69, 9.17) is 4.74 Å². The number of rotatable bonds is 4. The van der Waals surface area contributed by atoms with Gasteiger partial charge >= 0.3 is 26.2 Å². The Morgan fingerprint density at radius 1 is 1.19 bits per heavy atom. The molecule has 137 valence electrons. The van der Waals surface area contributed by atoms with Crippen molar-refractivity contribution in [3.63, 3.8) is 0 Å². The molecule has 1 N–H and O–H groups in total. The van der Waals surface area contributed by atoms with Crippen LogP contribution < -0.4 is 40.0 Å². The Hall–Kier alpha value is -1.12. The molecular formula is C22H19Cl2O2Zr. The molecule has 0 fully saturated rings. The summed E-state index contributed by atoms with van der Waals surface area (Å²) in [4.78, 5) is 0. The minimum atomic E-state index is -0.0139. The van der Waals surface area contributed by atoms with Crippen LogP contribution in [0.2, 0.25) is 0 Å². The molecule has 0 atom stereocenters. The van der Waals surface area contributed by atoms with Crippen molar-refractivity contribution in [2.45, 2.75) is 13.3 Å². The van der Waals surface area contributed by atoms with Crippen LogP contribution in [0.1, 0.15) is 23.1 Å². The summed E-state index contributed by atoms with van der Waals surface area (Å²) in [6, 6.07) is 8.33. The van der Waals surface area contributed by atoms with Crippen molar-refractivity contribution < 1.29 is 60.9 Å². The predicted octanol–water partition coefficient (Wildman–Crippen LogP) is -3.19. The number of allylic oxidation sites excluding steroid dienone is 4. The minimum Gasteiger partial charge on any atom is -1.00 e. The van der Waals surface area contributed by atoms with Crippen LogP contribution in [0.4, 0.5) is 0 Å². The molecule has 2 aliphatic carbocycles. The zero-order valence-corrected chi connectivity index (χ0v) is 19.0. The monoisotopic (exact) mass is 475 g/mol. The number of hydrogen-bond acceptors (Lipinski definition) is 2. The number of ether oxygens (including phenoxy) is 1. The maximum absolute atomic E-state index is 9.19. The van der Waals surface area contributed by atoms with E-state index < -0.39 is 0 Å². The van der Waals surface area contributed by atoms with Crippen LogP contribution in [-0.4, -0.2) is 18.3 Å². The van der Waals surface area contributed by atoms with E-state index in [0.29, 0.717) is 0 Å². The van der Waals surface area contributed by atoms with Gasteiger partial charge in [-0.25, -0.2) is 0 Å². The van der Waals surface area contributed by atoms with Crippen molar-refractivity contribution in [3.05, 3.63) is 69.6 Å². The van der Waals surface area contributed by atoms with Gasteiger partial charge in [-0.2, -0.15) is 0 Å². The van der Waals surface area contributed by atoms with E-state index in [0.717, 1.165) is 39.3 Å². The van der Waals surface area contributed by atoms with Gasteiger partial charge in [0, 0.05) is 0 Å². The van der Waals surface area contributed by atoms with Crippen molar-refractivity contribution in [1.29, 1.82) is 0 Å². The molecule has 0 aliphatic heterocycles. The maximum atomic E-state index is 9.19. The topological polar surface area (TPSA) is 29.5 Å². The molecule has 2 aromatic carbocycles. The fourth-order valence-electron chi connectivity index (χ4n) is 3.55. The maximum Gasteiger partial charge on any atom is 3.00 e. The molecule has 2 aromatic rings. The fraction of sp³-hybridized carbons (Fsp3) is 0.182. The molecule has 2 nitrogen and oxygen atoms in total. The van der Waals surface area contributed by atoms with Crippen LogP contribution in [0, 0.1) is 6.92 Å². The summed E-state index contributed by atoms with van der Waals surface area (Å²) >= 11 is 0. The van der Waals surface area contributed by atoms with Crippen molar-refractivity contribution in [3.8, 4) is 16.9 Å². The van der Waals surface area contributed by atoms with E-state index in [1.165, 1.54) is 16.7 Å². The minimum absolute atomic E-state index is 0. The summed E-state index contributed by atoms with van der Waals surface area (Å²) in [5.41, 5.74) is 6.92. The number of fused-ring (bicyclic) bond motifs is 3. The molecule has 0 amide bonds. The van der Waals surface area contributed by atoms with Crippen molar-refractivity contribution in [2.75, 3.05) is 13.2 Å². The second kappa shape index (κ2) is 9.89. The number of hydrogen-bond donors (Lipinski definition) is 1. The SMILES string of the molecule is C=c1c(C)c2c(c(C3=CC=CC3)c1OCCO)=[C-]c1ccccc1-2.[Cl-].[Cl-].[Zr+3]. The van der Waals surface area contributed by atoms with Crippen LogP contribution in [0.25, 0.3) is 29.4 Å². The van der Waals surface area contributed by atoms with E-state index in [2.05, 4.69) is 56.0 Å². The number of aliphatic hydroxyl groups is 1. The van der Waals surface area contributed by atoms with Crippen LogP contribution in [0.5, 0.6) is 5.75 Å². The van der Waals surface area contributed by atoms with Crippen LogP contribution in [0.3, 0.4) is 0 Å². The van der Waals surface area contributed by atoms with Crippen LogP contribution in [0.15, 0.2) is 42.5 Å². The van der Waals surface area contributed by atoms with Gasteiger partial charge in [-0.05, 0) is 24.1 Å². The van der Waals surface area contributed by atoms with Gasteiger partial charge in [-0.3, -0.25) is 0 Å².